The highest BCUT2D eigenvalue weighted by Crippen LogP contribution is 2.40. The first kappa shape index (κ1) is 25.0. The third-order valence-electron chi connectivity index (χ3n) is 5.02. The van der Waals surface area contributed by atoms with Crippen molar-refractivity contribution in [2.75, 3.05) is 20.3 Å². The van der Waals surface area contributed by atoms with Crippen molar-refractivity contribution in [2.45, 2.75) is 40.2 Å². The molecule has 0 saturated carbocycles. The van der Waals surface area contributed by atoms with Crippen molar-refractivity contribution in [3.63, 3.8) is 0 Å². The summed E-state index contributed by atoms with van der Waals surface area (Å²) in [6, 6.07) is 11.0. The largest absolute Gasteiger partial charge is 0.497 e. The number of amides is 1. The Hall–Kier alpha value is -2.64. The molecule has 33 heavy (non-hydrogen) atoms. The summed E-state index contributed by atoms with van der Waals surface area (Å²) < 4.78 is 17.0. The summed E-state index contributed by atoms with van der Waals surface area (Å²) in [7, 11) is 1.62. The summed E-state index contributed by atoms with van der Waals surface area (Å²) in [5.41, 5.74) is 1.51. The third-order valence-corrected chi connectivity index (χ3v) is 6.31. The zero-order valence-electron chi connectivity index (χ0n) is 19.6. The van der Waals surface area contributed by atoms with Gasteiger partial charge in [-0.1, -0.05) is 18.5 Å². The quantitative estimate of drug-likeness (QED) is 0.374. The van der Waals surface area contributed by atoms with Gasteiger partial charge in [-0.2, -0.15) is 0 Å². The van der Waals surface area contributed by atoms with Crippen LogP contribution in [0.5, 0.6) is 17.2 Å². The Morgan fingerprint density at radius 2 is 1.91 bits per heavy atom. The minimum atomic E-state index is -0.0937. The standard InChI is InChI=1S/C25H29ClN2O4S/c1-6-16(4)32-23-20(26)13-17(14-21(23)31-8-3)15-22-24(29)28(7-2)25(33-22)27-18-9-11-19(30-5)12-10-18/h9-16H,6-8H2,1-5H3/b22-15+,27-25?/t16-/m1/s1. The topological polar surface area (TPSA) is 60.4 Å². The van der Waals surface area contributed by atoms with Gasteiger partial charge in [0, 0.05) is 6.54 Å². The maximum Gasteiger partial charge on any atom is 0.266 e. The number of benzene rings is 2. The van der Waals surface area contributed by atoms with E-state index in [1.54, 1.807) is 18.1 Å². The predicted molar refractivity (Wildman–Crippen MR) is 136 cm³/mol. The number of ether oxygens (including phenoxy) is 3. The number of aliphatic imine (C=N–C) groups is 1. The summed E-state index contributed by atoms with van der Waals surface area (Å²) >= 11 is 7.88. The Balaban J connectivity index is 1.93. The summed E-state index contributed by atoms with van der Waals surface area (Å²) in [6.07, 6.45) is 2.67. The van der Waals surface area contributed by atoms with Gasteiger partial charge in [-0.15, -0.1) is 0 Å². The first-order valence-electron chi connectivity index (χ1n) is 11.0. The summed E-state index contributed by atoms with van der Waals surface area (Å²) in [5.74, 6) is 1.75. The van der Waals surface area contributed by atoms with Crippen LogP contribution in [0.15, 0.2) is 46.3 Å². The number of thioether (sulfide) groups is 1. The molecule has 1 aliphatic heterocycles. The minimum Gasteiger partial charge on any atom is -0.497 e. The zero-order valence-corrected chi connectivity index (χ0v) is 21.1. The number of rotatable bonds is 9. The summed E-state index contributed by atoms with van der Waals surface area (Å²) in [4.78, 5) is 19.9. The number of hydrogen-bond donors (Lipinski definition) is 0. The van der Waals surface area contributed by atoms with Crippen LogP contribution >= 0.6 is 23.4 Å². The third kappa shape index (κ3) is 6.03. The fourth-order valence-corrected chi connectivity index (χ4v) is 4.45. The molecule has 6 nitrogen and oxygen atoms in total. The monoisotopic (exact) mass is 488 g/mol. The van der Waals surface area contributed by atoms with Crippen LogP contribution in [0.2, 0.25) is 5.02 Å². The number of halogens is 1. The van der Waals surface area contributed by atoms with Gasteiger partial charge in [0.25, 0.3) is 5.91 Å². The molecule has 1 saturated heterocycles. The molecule has 0 unspecified atom stereocenters. The second-order valence-corrected chi connectivity index (χ2v) is 8.77. The van der Waals surface area contributed by atoms with E-state index in [0.29, 0.717) is 39.7 Å². The van der Waals surface area contributed by atoms with Gasteiger partial charge in [-0.25, -0.2) is 4.99 Å². The van der Waals surface area contributed by atoms with Crippen molar-refractivity contribution in [1.29, 1.82) is 0 Å². The van der Waals surface area contributed by atoms with E-state index in [9.17, 15) is 4.79 Å². The maximum absolute atomic E-state index is 13.0. The highest BCUT2D eigenvalue weighted by molar-refractivity contribution is 8.18. The highest BCUT2D eigenvalue weighted by Gasteiger charge is 2.32. The summed E-state index contributed by atoms with van der Waals surface area (Å²) in [6.45, 7) is 8.86. The first-order valence-corrected chi connectivity index (χ1v) is 12.2. The molecule has 0 N–H and O–H groups in total. The van der Waals surface area contributed by atoms with E-state index in [1.165, 1.54) is 11.8 Å². The van der Waals surface area contributed by atoms with Crippen LogP contribution in [0.1, 0.15) is 39.7 Å². The lowest BCUT2D eigenvalue weighted by Gasteiger charge is -2.18. The van der Waals surface area contributed by atoms with Crippen molar-refractivity contribution in [3.8, 4) is 17.2 Å². The average molecular weight is 489 g/mol. The summed E-state index contributed by atoms with van der Waals surface area (Å²) in [5, 5.41) is 1.08. The Bertz CT molecular complexity index is 1050. The van der Waals surface area contributed by atoms with Crippen LogP contribution < -0.4 is 14.2 Å². The van der Waals surface area contributed by atoms with E-state index >= 15 is 0 Å². The Morgan fingerprint density at radius 3 is 2.52 bits per heavy atom. The zero-order chi connectivity index (χ0) is 24.0. The number of hydrogen-bond acceptors (Lipinski definition) is 6. The number of amidine groups is 1. The lowest BCUT2D eigenvalue weighted by Crippen LogP contribution is -2.28. The lowest BCUT2D eigenvalue weighted by atomic mass is 10.1. The number of nitrogens with zero attached hydrogens (tertiary/aromatic N) is 2. The molecule has 1 atom stereocenters. The first-order chi connectivity index (χ1) is 15.9. The van der Waals surface area contributed by atoms with Gasteiger partial charge in [-0.05, 0) is 87.0 Å². The van der Waals surface area contributed by atoms with Gasteiger partial charge in [-0.3, -0.25) is 9.69 Å². The van der Waals surface area contributed by atoms with Crippen molar-refractivity contribution in [1.82, 2.24) is 4.90 Å². The normalized spacial score (nSPS) is 17.0. The van der Waals surface area contributed by atoms with E-state index in [4.69, 9.17) is 25.8 Å². The molecule has 2 aromatic rings. The molecular formula is C25H29ClN2O4S. The fourth-order valence-electron chi connectivity index (χ4n) is 3.12. The molecule has 0 aromatic heterocycles. The van der Waals surface area contributed by atoms with E-state index < -0.39 is 0 Å². The average Bonchev–Trinajstić information content (AvgIpc) is 3.10. The molecule has 0 radical (unpaired) electrons. The van der Waals surface area contributed by atoms with Gasteiger partial charge in [0.2, 0.25) is 0 Å². The molecule has 3 rings (SSSR count). The van der Waals surface area contributed by atoms with Gasteiger partial charge in [0.15, 0.2) is 16.7 Å². The maximum atomic E-state index is 13.0. The molecule has 0 aliphatic carbocycles. The second-order valence-electron chi connectivity index (χ2n) is 7.35. The molecule has 8 heteroatoms. The molecule has 2 aromatic carbocycles. The number of likely N-dealkylation sites (N-methyl/N-ethyl adjacent to an activating group) is 1. The van der Waals surface area contributed by atoms with Crippen LogP contribution in [-0.4, -0.2) is 42.3 Å². The SMILES string of the molecule is CCOc1cc(/C=C2/SC(=Nc3ccc(OC)cc3)N(CC)C2=O)cc(Cl)c1O[C@H](C)CC. The van der Waals surface area contributed by atoms with Crippen LogP contribution in [0, 0.1) is 0 Å². The van der Waals surface area contributed by atoms with Gasteiger partial charge in [0.05, 0.1) is 35.4 Å². The molecule has 1 aliphatic rings. The Kier molecular flexibility index (Phi) is 8.69. The Morgan fingerprint density at radius 1 is 1.18 bits per heavy atom. The van der Waals surface area contributed by atoms with E-state index in [1.807, 2.05) is 64.1 Å². The molecule has 176 valence electrons. The van der Waals surface area contributed by atoms with E-state index in [2.05, 4.69) is 4.99 Å². The second kappa shape index (κ2) is 11.5. The number of methoxy groups -OCH3 is 1. The van der Waals surface area contributed by atoms with Crippen molar-refractivity contribution >= 4 is 46.2 Å². The van der Waals surface area contributed by atoms with Crippen molar-refractivity contribution in [3.05, 3.63) is 51.9 Å². The van der Waals surface area contributed by atoms with Crippen LogP contribution in [-0.2, 0) is 4.79 Å². The molecular weight excluding hydrogens is 460 g/mol. The van der Waals surface area contributed by atoms with Gasteiger partial charge < -0.3 is 14.2 Å². The molecule has 1 heterocycles. The van der Waals surface area contributed by atoms with Crippen LogP contribution in [0.25, 0.3) is 6.08 Å². The van der Waals surface area contributed by atoms with E-state index in [-0.39, 0.29) is 12.0 Å². The highest BCUT2D eigenvalue weighted by atomic mass is 35.5. The molecule has 1 amide bonds. The molecule has 0 spiro atoms. The smallest absolute Gasteiger partial charge is 0.266 e. The van der Waals surface area contributed by atoms with Crippen molar-refractivity contribution < 1.29 is 19.0 Å². The minimum absolute atomic E-state index is 0.00714. The Labute approximate surface area is 204 Å². The molecule has 0 bridgehead atoms. The van der Waals surface area contributed by atoms with Gasteiger partial charge >= 0.3 is 0 Å². The number of carbonyl (C=O) groups is 1. The van der Waals surface area contributed by atoms with Crippen LogP contribution in [0.3, 0.4) is 0 Å². The molecule has 1 fully saturated rings. The van der Waals surface area contributed by atoms with E-state index in [0.717, 1.165) is 23.4 Å². The fraction of sp³-hybridized carbons (Fsp3) is 0.360. The number of carbonyl (C=O) groups excluding carboxylic acids is 1. The van der Waals surface area contributed by atoms with Crippen LogP contribution in [0.4, 0.5) is 5.69 Å². The van der Waals surface area contributed by atoms with Crippen molar-refractivity contribution in [2.24, 2.45) is 4.99 Å². The predicted octanol–water partition coefficient (Wildman–Crippen LogP) is 6.55. The van der Waals surface area contributed by atoms with Gasteiger partial charge in [0.1, 0.15) is 5.75 Å². The lowest BCUT2D eigenvalue weighted by molar-refractivity contribution is -0.122.